The van der Waals surface area contributed by atoms with E-state index in [0.717, 1.165) is 70.6 Å². The summed E-state index contributed by atoms with van der Waals surface area (Å²) >= 11 is 0. The number of hydrogen-bond donors (Lipinski definition) is 4. The predicted molar refractivity (Wildman–Crippen MR) is 168 cm³/mol. The fourth-order valence-corrected chi connectivity index (χ4v) is 6.43. The Bertz CT molecular complexity index is 726. The molecule has 7 atom stereocenters. The maximum absolute atomic E-state index is 11.7. The summed E-state index contributed by atoms with van der Waals surface area (Å²) in [6.45, 7) is 4.07. The Kier molecular flexibility index (Phi) is 19.9. The van der Waals surface area contributed by atoms with Crippen molar-refractivity contribution in [1.82, 2.24) is 0 Å². The molecule has 0 aliphatic carbocycles. The van der Waals surface area contributed by atoms with Gasteiger partial charge < -0.3 is 29.9 Å². The molecule has 0 radical (unpaired) electrons. The molecule has 0 bridgehead atoms. The van der Waals surface area contributed by atoms with Crippen LogP contribution in [-0.2, 0) is 14.3 Å². The summed E-state index contributed by atoms with van der Waals surface area (Å²) < 4.78 is 11.1. The molecule has 2 aliphatic heterocycles. The third kappa shape index (κ3) is 16.2. The van der Waals surface area contributed by atoms with E-state index in [-0.39, 0.29) is 30.4 Å². The Hall–Kier alpha value is -0.990. The van der Waals surface area contributed by atoms with Gasteiger partial charge in [0.05, 0.1) is 36.6 Å². The minimum absolute atomic E-state index is 0.190. The quantitative estimate of drug-likeness (QED) is 0.0624. The molecule has 42 heavy (non-hydrogen) atoms. The van der Waals surface area contributed by atoms with E-state index in [9.17, 15) is 25.2 Å². The molecule has 1 saturated heterocycles. The topological polar surface area (TPSA) is 116 Å². The van der Waals surface area contributed by atoms with Crippen LogP contribution < -0.4 is 0 Å². The summed E-state index contributed by atoms with van der Waals surface area (Å²) in [7, 11) is 0. The zero-order valence-electron chi connectivity index (χ0n) is 26.9. The molecule has 0 amide bonds. The van der Waals surface area contributed by atoms with Crippen LogP contribution in [0.1, 0.15) is 162 Å². The summed E-state index contributed by atoms with van der Waals surface area (Å²) in [5.74, 6) is -0.304. The number of aliphatic hydroxyl groups excluding tert-OH is 4. The number of aliphatic hydroxyl groups is 4. The number of hydrogen-bond acceptors (Lipinski definition) is 7. The second-order valence-electron chi connectivity index (χ2n) is 13.1. The van der Waals surface area contributed by atoms with Crippen molar-refractivity contribution < 1.29 is 34.7 Å². The first-order chi connectivity index (χ1) is 20.3. The molecule has 0 aromatic carbocycles. The van der Waals surface area contributed by atoms with Crippen molar-refractivity contribution in [2.45, 2.75) is 204 Å². The first kappa shape index (κ1) is 37.2. The van der Waals surface area contributed by atoms with Gasteiger partial charge in [0.25, 0.3) is 0 Å². The molecule has 0 aromatic heterocycles. The van der Waals surface area contributed by atoms with Crippen molar-refractivity contribution >= 4 is 5.97 Å². The molecule has 0 spiro atoms. The van der Waals surface area contributed by atoms with E-state index in [4.69, 9.17) is 9.47 Å². The van der Waals surface area contributed by atoms with E-state index in [1.54, 1.807) is 6.08 Å². The minimum Gasteiger partial charge on any atom is -0.455 e. The van der Waals surface area contributed by atoms with E-state index in [1.165, 1.54) is 51.4 Å². The van der Waals surface area contributed by atoms with Gasteiger partial charge >= 0.3 is 5.97 Å². The van der Waals surface area contributed by atoms with Gasteiger partial charge in [-0.05, 0) is 64.4 Å². The van der Waals surface area contributed by atoms with Gasteiger partial charge in [0, 0.05) is 12.0 Å². The first-order valence-corrected chi connectivity index (χ1v) is 17.6. The van der Waals surface area contributed by atoms with Crippen LogP contribution in [0.15, 0.2) is 11.6 Å². The number of ether oxygens (including phenoxy) is 2. The minimum atomic E-state index is -0.531. The molecule has 2 aliphatic rings. The molecule has 7 heteroatoms. The number of cyclic esters (lactones) is 1. The zero-order valence-corrected chi connectivity index (χ0v) is 26.9. The number of carbonyl (C=O) groups excluding carboxylic acids is 1. The lowest BCUT2D eigenvalue weighted by Crippen LogP contribution is -2.31. The summed E-state index contributed by atoms with van der Waals surface area (Å²) in [5.41, 5.74) is 0.589. The van der Waals surface area contributed by atoms with Crippen molar-refractivity contribution in [3.63, 3.8) is 0 Å². The van der Waals surface area contributed by atoms with Gasteiger partial charge in [0.1, 0.15) is 6.10 Å². The lowest BCUT2D eigenvalue weighted by atomic mass is 9.99. The summed E-state index contributed by atoms with van der Waals surface area (Å²) in [6, 6.07) is 0. The average Bonchev–Trinajstić information content (AvgIpc) is 3.57. The van der Waals surface area contributed by atoms with Crippen LogP contribution in [0.2, 0.25) is 0 Å². The maximum atomic E-state index is 11.7. The Morgan fingerprint density at radius 1 is 0.667 bits per heavy atom. The normalized spacial score (nSPS) is 23.5. The molecular weight excluding hydrogens is 532 g/mol. The van der Waals surface area contributed by atoms with Crippen LogP contribution in [0, 0.1) is 0 Å². The van der Waals surface area contributed by atoms with Crippen LogP contribution in [0.3, 0.4) is 0 Å². The van der Waals surface area contributed by atoms with Gasteiger partial charge in [0.15, 0.2) is 0 Å². The van der Waals surface area contributed by atoms with Crippen molar-refractivity contribution in [2.75, 3.05) is 0 Å². The first-order valence-electron chi connectivity index (χ1n) is 17.6. The zero-order chi connectivity index (χ0) is 30.6. The fraction of sp³-hybridized carbons (Fsp3) is 0.914. The Balaban J connectivity index is 1.42. The second-order valence-corrected chi connectivity index (χ2v) is 13.1. The summed E-state index contributed by atoms with van der Waals surface area (Å²) in [5, 5.41) is 41.7. The second kappa shape index (κ2) is 22.5. The largest absolute Gasteiger partial charge is 0.455 e. The van der Waals surface area contributed by atoms with Gasteiger partial charge in [-0.15, -0.1) is 0 Å². The molecule has 0 saturated carbocycles. The summed E-state index contributed by atoms with van der Waals surface area (Å²) in [6.07, 6.45) is 22.3. The van der Waals surface area contributed by atoms with Crippen LogP contribution in [0.25, 0.3) is 0 Å². The number of unbranched alkanes of at least 4 members (excludes halogenated alkanes) is 12. The molecule has 7 nitrogen and oxygen atoms in total. The predicted octanol–water partition coefficient (Wildman–Crippen LogP) is 7.06. The van der Waals surface area contributed by atoms with Crippen LogP contribution in [-0.4, -0.2) is 69.1 Å². The van der Waals surface area contributed by atoms with Crippen LogP contribution in [0.5, 0.6) is 0 Å². The smallest absolute Gasteiger partial charge is 0.334 e. The Labute approximate surface area is 256 Å². The Morgan fingerprint density at radius 3 is 1.64 bits per heavy atom. The molecule has 1 fully saturated rings. The Morgan fingerprint density at radius 2 is 1.12 bits per heavy atom. The third-order valence-electron chi connectivity index (χ3n) is 9.11. The van der Waals surface area contributed by atoms with E-state index < -0.39 is 18.3 Å². The maximum Gasteiger partial charge on any atom is 0.334 e. The van der Waals surface area contributed by atoms with Crippen LogP contribution in [0.4, 0.5) is 0 Å². The van der Waals surface area contributed by atoms with E-state index >= 15 is 0 Å². The van der Waals surface area contributed by atoms with Crippen molar-refractivity contribution in [3.05, 3.63) is 11.6 Å². The highest BCUT2D eigenvalue weighted by atomic mass is 16.5. The third-order valence-corrected chi connectivity index (χ3v) is 9.11. The van der Waals surface area contributed by atoms with Crippen LogP contribution >= 0.6 is 0 Å². The molecule has 1 unspecified atom stereocenters. The molecule has 246 valence electrons. The summed E-state index contributed by atoms with van der Waals surface area (Å²) in [4.78, 5) is 11.7. The van der Waals surface area contributed by atoms with E-state index in [0.29, 0.717) is 31.3 Å². The molecule has 2 heterocycles. The van der Waals surface area contributed by atoms with Gasteiger partial charge in [-0.3, -0.25) is 0 Å². The number of rotatable bonds is 26. The lowest BCUT2D eigenvalue weighted by molar-refractivity contribution is -0.139. The van der Waals surface area contributed by atoms with E-state index in [1.807, 2.05) is 6.92 Å². The molecule has 2 rings (SSSR count). The highest BCUT2D eigenvalue weighted by molar-refractivity contribution is 5.90. The van der Waals surface area contributed by atoms with Gasteiger partial charge in [0.2, 0.25) is 0 Å². The van der Waals surface area contributed by atoms with Crippen molar-refractivity contribution in [1.29, 1.82) is 0 Å². The SMILES string of the molecule is CCCCCCCCCCCC(O)CCC[C@H](O)[C@@H]1CC[C@@H]([C@@H](O)CCCCCCC[C@H](O)CC2=C[C@H](C)OC2=O)O1. The van der Waals surface area contributed by atoms with Gasteiger partial charge in [-0.25, -0.2) is 4.79 Å². The van der Waals surface area contributed by atoms with Crippen molar-refractivity contribution in [2.24, 2.45) is 0 Å². The fourth-order valence-electron chi connectivity index (χ4n) is 6.43. The monoisotopic (exact) mass is 596 g/mol. The molecular formula is C35H64O7. The molecule has 0 aromatic rings. The van der Waals surface area contributed by atoms with Crippen molar-refractivity contribution in [3.8, 4) is 0 Å². The average molecular weight is 597 g/mol. The molecule has 4 N–H and O–H groups in total. The highest BCUT2D eigenvalue weighted by Crippen LogP contribution is 2.28. The number of carbonyl (C=O) groups is 1. The van der Waals surface area contributed by atoms with E-state index in [2.05, 4.69) is 6.92 Å². The highest BCUT2D eigenvalue weighted by Gasteiger charge is 2.34. The van der Waals surface area contributed by atoms with Gasteiger partial charge in [-0.1, -0.05) is 96.8 Å². The number of esters is 1. The van der Waals surface area contributed by atoms with Gasteiger partial charge in [-0.2, -0.15) is 0 Å². The lowest BCUT2D eigenvalue weighted by Gasteiger charge is -2.22. The standard InChI is InChI=1S/C35H64O7/c1-3-4-5-6-7-8-9-11-14-18-29(36)20-17-22-32(39)34-24-23-33(42-34)31(38)21-16-13-10-12-15-19-30(37)26-28-25-27(2)41-35(28)40/h25,27,29-34,36-39H,3-24,26H2,1-2H3/t27-,29?,30-,31-,32-,33-,34-/m0/s1.